The van der Waals surface area contributed by atoms with Crippen LogP contribution in [0.1, 0.15) is 18.7 Å². The van der Waals surface area contributed by atoms with Gasteiger partial charge in [-0.3, -0.25) is 9.78 Å². The fourth-order valence-electron chi connectivity index (χ4n) is 3.37. The molecule has 1 aliphatic rings. The number of fused-ring (bicyclic) bond motifs is 2. The van der Waals surface area contributed by atoms with Crippen LogP contribution < -0.4 is 4.74 Å². The number of benzene rings is 1. The highest BCUT2D eigenvalue weighted by molar-refractivity contribution is 6.35. The fraction of sp³-hybridized carbons (Fsp3) is 0.263. The van der Waals surface area contributed by atoms with Gasteiger partial charge in [0.05, 0.1) is 11.1 Å². The molecule has 4 rings (SSSR count). The Labute approximate surface area is 150 Å². The molecule has 0 saturated heterocycles. The van der Waals surface area contributed by atoms with Gasteiger partial charge in [-0.1, -0.05) is 11.6 Å². The summed E-state index contributed by atoms with van der Waals surface area (Å²) >= 11 is 6.20. The maximum atomic E-state index is 12.7. The van der Waals surface area contributed by atoms with Gasteiger partial charge < -0.3 is 14.2 Å². The quantitative estimate of drug-likeness (QED) is 0.720. The number of nitrogens with zero attached hydrogens (tertiary/aromatic N) is 3. The Morgan fingerprint density at radius 1 is 1.28 bits per heavy atom. The third-order valence-corrected chi connectivity index (χ3v) is 5.02. The van der Waals surface area contributed by atoms with Crippen molar-refractivity contribution >= 4 is 28.4 Å². The Kier molecular flexibility index (Phi) is 4.09. The molecule has 0 N–H and O–H groups in total. The number of halogens is 1. The zero-order valence-electron chi connectivity index (χ0n) is 13.9. The van der Waals surface area contributed by atoms with E-state index in [0.29, 0.717) is 22.8 Å². The minimum absolute atomic E-state index is 0.0155. The summed E-state index contributed by atoms with van der Waals surface area (Å²) in [7, 11) is 0. The Balaban J connectivity index is 1.51. The second-order valence-corrected chi connectivity index (χ2v) is 6.53. The largest absolute Gasteiger partial charge is 0.481 e. The van der Waals surface area contributed by atoms with Crippen molar-refractivity contribution in [1.82, 2.24) is 14.5 Å². The molecule has 1 unspecified atom stereocenters. The molecule has 6 heteroatoms. The Morgan fingerprint density at radius 3 is 3.04 bits per heavy atom. The lowest BCUT2D eigenvalue weighted by Gasteiger charge is -2.34. The molecule has 128 valence electrons. The molecular formula is C19H18ClN3O2. The standard InChI is InChI=1S/C19H18ClN3O2/c1-13-16-5-3-9-22(16)10-11-23(13)18(24)12-25-17-7-6-15(20)14-4-2-8-21-19(14)17/h2-9,13H,10-12H2,1H3. The van der Waals surface area contributed by atoms with Crippen molar-refractivity contribution in [3.8, 4) is 5.75 Å². The van der Waals surface area contributed by atoms with Crippen molar-refractivity contribution in [2.75, 3.05) is 13.2 Å². The van der Waals surface area contributed by atoms with Crippen LogP contribution in [-0.2, 0) is 11.3 Å². The molecule has 0 radical (unpaired) electrons. The van der Waals surface area contributed by atoms with E-state index in [1.54, 1.807) is 18.3 Å². The van der Waals surface area contributed by atoms with Gasteiger partial charge in [-0.25, -0.2) is 0 Å². The van der Waals surface area contributed by atoms with Gasteiger partial charge in [-0.2, -0.15) is 0 Å². The number of carbonyl (C=O) groups is 1. The molecule has 25 heavy (non-hydrogen) atoms. The monoisotopic (exact) mass is 355 g/mol. The minimum Gasteiger partial charge on any atom is -0.481 e. The Hall–Kier alpha value is -2.53. The number of carbonyl (C=O) groups excluding carboxylic acids is 1. The van der Waals surface area contributed by atoms with E-state index in [2.05, 4.69) is 21.8 Å². The lowest BCUT2D eigenvalue weighted by Crippen LogP contribution is -2.42. The Bertz CT molecular complexity index is 937. The van der Waals surface area contributed by atoms with Crippen LogP contribution in [0.15, 0.2) is 48.8 Å². The second kappa shape index (κ2) is 6.41. The highest BCUT2D eigenvalue weighted by atomic mass is 35.5. The maximum absolute atomic E-state index is 12.7. The fourth-order valence-corrected chi connectivity index (χ4v) is 3.59. The van der Waals surface area contributed by atoms with Crippen molar-refractivity contribution in [2.45, 2.75) is 19.5 Å². The van der Waals surface area contributed by atoms with Gasteiger partial charge in [0.15, 0.2) is 6.61 Å². The number of rotatable bonds is 3. The van der Waals surface area contributed by atoms with Crippen molar-refractivity contribution in [2.24, 2.45) is 0 Å². The SMILES string of the molecule is CC1c2cccn2CCN1C(=O)COc1ccc(Cl)c2cccnc12. The lowest BCUT2D eigenvalue weighted by atomic mass is 10.1. The molecule has 1 atom stereocenters. The van der Waals surface area contributed by atoms with Crippen LogP contribution >= 0.6 is 11.6 Å². The first kappa shape index (κ1) is 16.0. The molecule has 0 bridgehead atoms. The molecule has 0 aliphatic carbocycles. The first-order valence-electron chi connectivity index (χ1n) is 8.25. The lowest BCUT2D eigenvalue weighted by molar-refractivity contribution is -0.136. The number of hydrogen-bond donors (Lipinski definition) is 0. The van der Waals surface area contributed by atoms with Crippen LogP contribution in [0.25, 0.3) is 10.9 Å². The number of pyridine rings is 1. The van der Waals surface area contributed by atoms with Crippen LogP contribution in [-0.4, -0.2) is 33.5 Å². The minimum atomic E-state index is -0.0287. The van der Waals surface area contributed by atoms with Gasteiger partial charge >= 0.3 is 0 Å². The van der Waals surface area contributed by atoms with Gasteiger partial charge in [0.1, 0.15) is 11.3 Å². The average molecular weight is 356 g/mol. The van der Waals surface area contributed by atoms with Gasteiger partial charge in [-0.15, -0.1) is 0 Å². The van der Waals surface area contributed by atoms with Crippen molar-refractivity contribution in [3.05, 3.63) is 59.5 Å². The number of hydrogen-bond acceptors (Lipinski definition) is 3. The summed E-state index contributed by atoms with van der Waals surface area (Å²) in [6, 6.07) is 11.4. The van der Waals surface area contributed by atoms with Crippen molar-refractivity contribution < 1.29 is 9.53 Å². The molecule has 0 saturated carbocycles. The van der Waals surface area contributed by atoms with E-state index in [-0.39, 0.29) is 18.6 Å². The molecule has 5 nitrogen and oxygen atoms in total. The van der Waals surface area contributed by atoms with Crippen molar-refractivity contribution in [3.63, 3.8) is 0 Å². The van der Waals surface area contributed by atoms with E-state index in [4.69, 9.17) is 16.3 Å². The number of aromatic nitrogens is 2. The molecule has 0 spiro atoms. The van der Waals surface area contributed by atoms with E-state index < -0.39 is 0 Å². The first-order valence-corrected chi connectivity index (χ1v) is 8.63. The average Bonchev–Trinajstić information content (AvgIpc) is 3.11. The third-order valence-electron chi connectivity index (χ3n) is 4.69. The molecule has 3 aromatic rings. The van der Waals surface area contributed by atoms with E-state index in [9.17, 15) is 4.79 Å². The Morgan fingerprint density at radius 2 is 2.16 bits per heavy atom. The van der Waals surface area contributed by atoms with E-state index >= 15 is 0 Å². The highest BCUT2D eigenvalue weighted by Crippen LogP contribution is 2.30. The maximum Gasteiger partial charge on any atom is 0.261 e. The van der Waals surface area contributed by atoms with Gasteiger partial charge in [0, 0.05) is 36.6 Å². The summed E-state index contributed by atoms with van der Waals surface area (Å²) in [6.45, 7) is 3.52. The van der Waals surface area contributed by atoms with E-state index in [0.717, 1.165) is 17.6 Å². The van der Waals surface area contributed by atoms with Gasteiger partial charge in [-0.05, 0) is 43.3 Å². The molecule has 1 aromatic carbocycles. The van der Waals surface area contributed by atoms with Gasteiger partial charge in [0.25, 0.3) is 5.91 Å². The summed E-state index contributed by atoms with van der Waals surface area (Å²) in [5.74, 6) is 0.542. The third kappa shape index (κ3) is 2.85. The summed E-state index contributed by atoms with van der Waals surface area (Å²) in [6.07, 6.45) is 3.74. The van der Waals surface area contributed by atoms with Crippen LogP contribution in [0.5, 0.6) is 5.75 Å². The van der Waals surface area contributed by atoms with E-state index in [1.165, 1.54) is 0 Å². The predicted molar refractivity (Wildman–Crippen MR) is 96.8 cm³/mol. The highest BCUT2D eigenvalue weighted by Gasteiger charge is 2.27. The molecule has 2 aromatic heterocycles. The topological polar surface area (TPSA) is 47.4 Å². The smallest absolute Gasteiger partial charge is 0.261 e. The summed E-state index contributed by atoms with van der Waals surface area (Å²) in [5.41, 5.74) is 1.82. The van der Waals surface area contributed by atoms with Crippen LogP contribution in [0.3, 0.4) is 0 Å². The molecule has 3 heterocycles. The summed E-state index contributed by atoms with van der Waals surface area (Å²) < 4.78 is 7.97. The summed E-state index contributed by atoms with van der Waals surface area (Å²) in [4.78, 5) is 18.9. The second-order valence-electron chi connectivity index (χ2n) is 6.12. The van der Waals surface area contributed by atoms with Crippen LogP contribution in [0.2, 0.25) is 5.02 Å². The van der Waals surface area contributed by atoms with Gasteiger partial charge in [0.2, 0.25) is 0 Å². The molecule has 0 fully saturated rings. The molecule has 1 aliphatic heterocycles. The molecule has 1 amide bonds. The normalized spacial score (nSPS) is 16.7. The number of amides is 1. The zero-order valence-corrected chi connectivity index (χ0v) is 14.6. The van der Waals surface area contributed by atoms with E-state index in [1.807, 2.05) is 30.0 Å². The molecular weight excluding hydrogens is 338 g/mol. The zero-order chi connectivity index (χ0) is 17.4. The van der Waals surface area contributed by atoms with Crippen molar-refractivity contribution in [1.29, 1.82) is 0 Å². The number of ether oxygens (including phenoxy) is 1. The first-order chi connectivity index (χ1) is 12.1. The van der Waals surface area contributed by atoms with Crippen LogP contribution in [0, 0.1) is 0 Å². The predicted octanol–water partition coefficient (Wildman–Crippen LogP) is 3.67. The summed E-state index contributed by atoms with van der Waals surface area (Å²) in [5, 5.41) is 1.44. The van der Waals surface area contributed by atoms with Crippen LogP contribution in [0.4, 0.5) is 0 Å².